The Kier molecular flexibility index (Phi) is 5.67. The molecule has 7 nitrogen and oxygen atoms in total. The standard InChI is InChI=1S/C12H11ClN2O5/c1-20-12(17)10(6-14-11(16)7-15(18)19)8-2-4-9(13)5-3-8/h2-6H,7H2,1H3,(H,14,16). The minimum atomic E-state index is -0.883. The molecule has 0 saturated carbocycles. The topological polar surface area (TPSA) is 98.5 Å². The van der Waals surface area contributed by atoms with E-state index in [-0.39, 0.29) is 5.57 Å². The van der Waals surface area contributed by atoms with E-state index in [1.807, 2.05) is 0 Å². The monoisotopic (exact) mass is 298 g/mol. The van der Waals surface area contributed by atoms with E-state index in [0.29, 0.717) is 10.6 Å². The Morgan fingerprint density at radius 1 is 1.40 bits per heavy atom. The van der Waals surface area contributed by atoms with Gasteiger partial charge in [0, 0.05) is 16.1 Å². The summed E-state index contributed by atoms with van der Waals surface area (Å²) >= 11 is 5.73. The van der Waals surface area contributed by atoms with Crippen LogP contribution in [0.3, 0.4) is 0 Å². The second-order valence-electron chi connectivity index (χ2n) is 3.61. The Hall–Kier alpha value is -2.41. The van der Waals surface area contributed by atoms with Crippen LogP contribution in [0.1, 0.15) is 5.56 Å². The van der Waals surface area contributed by atoms with Crippen LogP contribution < -0.4 is 5.32 Å². The average Bonchev–Trinajstić information content (AvgIpc) is 2.39. The lowest BCUT2D eigenvalue weighted by molar-refractivity contribution is -0.467. The predicted octanol–water partition coefficient (Wildman–Crippen LogP) is 1.25. The number of nitro groups is 1. The second-order valence-corrected chi connectivity index (χ2v) is 4.05. The van der Waals surface area contributed by atoms with Crippen LogP contribution in [-0.2, 0) is 14.3 Å². The van der Waals surface area contributed by atoms with Crippen LogP contribution in [-0.4, -0.2) is 30.5 Å². The lowest BCUT2D eigenvalue weighted by Crippen LogP contribution is -2.26. The molecular formula is C12H11ClN2O5. The van der Waals surface area contributed by atoms with Crippen LogP contribution >= 0.6 is 11.6 Å². The summed E-state index contributed by atoms with van der Waals surface area (Å²) in [5, 5.41) is 12.8. The van der Waals surface area contributed by atoms with Crippen molar-refractivity contribution in [1.29, 1.82) is 0 Å². The van der Waals surface area contributed by atoms with Gasteiger partial charge in [0.2, 0.25) is 0 Å². The first-order valence-electron chi connectivity index (χ1n) is 5.39. The van der Waals surface area contributed by atoms with E-state index in [4.69, 9.17) is 11.6 Å². The molecular weight excluding hydrogens is 288 g/mol. The number of carbonyl (C=O) groups excluding carboxylic acids is 2. The highest BCUT2D eigenvalue weighted by Gasteiger charge is 2.14. The predicted molar refractivity (Wildman–Crippen MR) is 71.4 cm³/mol. The van der Waals surface area contributed by atoms with Gasteiger partial charge in [-0.25, -0.2) is 4.79 Å². The number of ether oxygens (including phenoxy) is 1. The molecule has 0 aromatic heterocycles. The molecule has 0 aliphatic carbocycles. The van der Waals surface area contributed by atoms with Gasteiger partial charge in [0.15, 0.2) is 0 Å². The number of amides is 1. The Labute approximate surface area is 119 Å². The molecule has 1 N–H and O–H groups in total. The Morgan fingerprint density at radius 2 is 2.00 bits per heavy atom. The van der Waals surface area contributed by atoms with Gasteiger partial charge in [0.25, 0.3) is 12.5 Å². The summed E-state index contributed by atoms with van der Waals surface area (Å²) < 4.78 is 4.59. The maximum absolute atomic E-state index is 11.6. The molecule has 0 radical (unpaired) electrons. The summed E-state index contributed by atoms with van der Waals surface area (Å²) in [7, 11) is 1.19. The quantitative estimate of drug-likeness (QED) is 0.382. The van der Waals surface area contributed by atoms with Gasteiger partial charge in [-0.15, -0.1) is 0 Å². The van der Waals surface area contributed by atoms with Crippen LogP contribution in [0.15, 0.2) is 30.5 Å². The van der Waals surface area contributed by atoms with Crippen molar-refractivity contribution in [3.8, 4) is 0 Å². The fourth-order valence-electron chi connectivity index (χ4n) is 1.32. The molecule has 0 fully saturated rings. The van der Waals surface area contributed by atoms with Gasteiger partial charge in [-0.3, -0.25) is 14.9 Å². The largest absolute Gasteiger partial charge is 0.465 e. The van der Waals surface area contributed by atoms with Gasteiger partial charge in [0.05, 0.1) is 12.7 Å². The van der Waals surface area contributed by atoms with Gasteiger partial charge < -0.3 is 10.1 Å². The van der Waals surface area contributed by atoms with Crippen LogP contribution in [0.25, 0.3) is 5.57 Å². The SMILES string of the molecule is COC(=O)C(=CNC(=O)C[N+](=O)[O-])c1ccc(Cl)cc1. The Bertz CT molecular complexity index is 553. The van der Waals surface area contributed by atoms with Crippen molar-refractivity contribution in [2.75, 3.05) is 13.7 Å². The van der Waals surface area contributed by atoms with E-state index in [1.165, 1.54) is 7.11 Å². The third-order valence-electron chi connectivity index (χ3n) is 2.21. The number of rotatable bonds is 5. The number of esters is 1. The van der Waals surface area contributed by atoms with Crippen molar-refractivity contribution in [1.82, 2.24) is 5.32 Å². The van der Waals surface area contributed by atoms with Crippen molar-refractivity contribution in [2.45, 2.75) is 0 Å². The smallest absolute Gasteiger partial charge is 0.339 e. The maximum atomic E-state index is 11.6. The van der Waals surface area contributed by atoms with Gasteiger partial charge in [-0.2, -0.15) is 0 Å². The summed E-state index contributed by atoms with van der Waals surface area (Å²) in [6, 6.07) is 6.24. The minimum absolute atomic E-state index is 0.0564. The molecule has 0 spiro atoms. The Morgan fingerprint density at radius 3 is 2.50 bits per heavy atom. The van der Waals surface area contributed by atoms with E-state index >= 15 is 0 Å². The summed E-state index contributed by atoms with van der Waals surface area (Å²) in [6.07, 6.45) is 1.07. The number of hydrogen-bond acceptors (Lipinski definition) is 5. The number of nitrogens with zero attached hydrogens (tertiary/aromatic N) is 1. The van der Waals surface area contributed by atoms with Crippen molar-refractivity contribution >= 4 is 29.1 Å². The number of benzene rings is 1. The molecule has 20 heavy (non-hydrogen) atoms. The molecule has 0 unspecified atom stereocenters. The van der Waals surface area contributed by atoms with Gasteiger partial charge in [0.1, 0.15) is 0 Å². The normalized spacial score (nSPS) is 10.8. The van der Waals surface area contributed by atoms with Gasteiger partial charge in [-0.1, -0.05) is 23.7 Å². The molecule has 0 aliphatic heterocycles. The molecule has 1 aromatic carbocycles. The first-order valence-corrected chi connectivity index (χ1v) is 5.77. The minimum Gasteiger partial charge on any atom is -0.465 e. The summed E-state index contributed by atoms with van der Waals surface area (Å²) in [4.78, 5) is 32.2. The van der Waals surface area contributed by atoms with Crippen molar-refractivity contribution in [3.05, 3.63) is 51.2 Å². The molecule has 0 atom stereocenters. The van der Waals surface area contributed by atoms with Crippen molar-refractivity contribution < 1.29 is 19.2 Å². The average molecular weight is 299 g/mol. The zero-order chi connectivity index (χ0) is 15.1. The molecule has 106 valence electrons. The molecule has 1 rings (SSSR count). The number of carbonyl (C=O) groups is 2. The molecule has 1 amide bonds. The van der Waals surface area contributed by atoms with Crippen molar-refractivity contribution in [3.63, 3.8) is 0 Å². The van der Waals surface area contributed by atoms with Crippen LogP contribution in [0.5, 0.6) is 0 Å². The highest BCUT2D eigenvalue weighted by atomic mass is 35.5. The second kappa shape index (κ2) is 7.25. The molecule has 0 saturated heterocycles. The maximum Gasteiger partial charge on any atom is 0.339 e. The number of hydrogen-bond donors (Lipinski definition) is 1. The van der Waals surface area contributed by atoms with E-state index in [1.54, 1.807) is 24.3 Å². The molecule has 0 heterocycles. The molecule has 1 aromatic rings. The van der Waals surface area contributed by atoms with Crippen molar-refractivity contribution in [2.24, 2.45) is 0 Å². The summed E-state index contributed by atoms with van der Waals surface area (Å²) in [5.41, 5.74) is 0.517. The van der Waals surface area contributed by atoms with Crippen LogP contribution in [0.2, 0.25) is 5.02 Å². The Balaban J connectivity index is 2.95. The van der Waals surface area contributed by atoms with E-state index < -0.39 is 23.3 Å². The lowest BCUT2D eigenvalue weighted by Gasteiger charge is -2.06. The molecule has 0 aliphatic rings. The van der Waals surface area contributed by atoms with Gasteiger partial charge in [-0.05, 0) is 17.7 Å². The highest BCUT2D eigenvalue weighted by Crippen LogP contribution is 2.18. The zero-order valence-corrected chi connectivity index (χ0v) is 11.2. The molecule has 8 heteroatoms. The molecule has 0 bridgehead atoms. The number of halogens is 1. The lowest BCUT2D eigenvalue weighted by atomic mass is 10.1. The summed E-state index contributed by atoms with van der Waals surface area (Å²) in [6.45, 7) is -0.883. The van der Waals surface area contributed by atoms with Gasteiger partial charge >= 0.3 is 5.97 Å². The van der Waals surface area contributed by atoms with Crippen LogP contribution in [0.4, 0.5) is 0 Å². The third kappa shape index (κ3) is 4.69. The zero-order valence-electron chi connectivity index (χ0n) is 10.5. The van der Waals surface area contributed by atoms with E-state index in [2.05, 4.69) is 10.1 Å². The fourth-order valence-corrected chi connectivity index (χ4v) is 1.44. The highest BCUT2D eigenvalue weighted by molar-refractivity contribution is 6.30. The number of nitrogens with one attached hydrogen (secondary N) is 1. The van der Waals surface area contributed by atoms with E-state index in [9.17, 15) is 19.7 Å². The number of methoxy groups -OCH3 is 1. The fraction of sp³-hybridized carbons (Fsp3) is 0.167. The van der Waals surface area contributed by atoms with E-state index in [0.717, 1.165) is 6.20 Å². The first kappa shape index (κ1) is 15.6. The first-order chi connectivity index (χ1) is 9.43. The van der Waals surface area contributed by atoms with Crippen LogP contribution in [0, 0.1) is 10.1 Å². The third-order valence-corrected chi connectivity index (χ3v) is 2.46. The summed E-state index contributed by atoms with van der Waals surface area (Å²) in [5.74, 6) is -1.53.